The molecule has 25 heavy (non-hydrogen) atoms. The lowest BCUT2D eigenvalue weighted by Gasteiger charge is -2.34. The number of rotatable bonds is 4. The predicted octanol–water partition coefficient (Wildman–Crippen LogP) is 2.68. The van der Waals surface area contributed by atoms with Crippen LogP contribution in [-0.4, -0.2) is 58.1 Å². The molecule has 1 atom stereocenters. The Balaban J connectivity index is 1.64. The van der Waals surface area contributed by atoms with Crippen molar-refractivity contribution in [3.05, 3.63) is 24.4 Å². The minimum atomic E-state index is -0.153. The number of H-pyrrole nitrogens is 1. The van der Waals surface area contributed by atoms with Gasteiger partial charge in [-0.25, -0.2) is 4.79 Å². The molecular formula is C18H25N5O2. The second-order valence-corrected chi connectivity index (χ2v) is 6.40. The quantitative estimate of drug-likeness (QED) is 0.895. The number of benzene rings is 1. The third-order valence-corrected chi connectivity index (χ3v) is 4.82. The molecule has 1 saturated heterocycles. The number of nitrogens with one attached hydrogen (secondary N) is 2. The fraction of sp³-hybridized carbons (Fsp3) is 0.500. The highest BCUT2D eigenvalue weighted by Gasteiger charge is 2.30. The Morgan fingerprint density at radius 2 is 2.16 bits per heavy atom. The SMILES string of the molecule is CCN(CC)C(=O)[C@H]1CCCN(C(=O)Nc2ccc3[nH]ncc3c2)C1. The van der Waals surface area contributed by atoms with E-state index in [1.807, 2.05) is 36.9 Å². The number of amides is 3. The maximum absolute atomic E-state index is 12.6. The van der Waals surface area contributed by atoms with E-state index in [4.69, 9.17) is 0 Å². The van der Waals surface area contributed by atoms with E-state index in [9.17, 15) is 9.59 Å². The maximum atomic E-state index is 12.6. The summed E-state index contributed by atoms with van der Waals surface area (Å²) in [5, 5.41) is 10.8. The van der Waals surface area contributed by atoms with Gasteiger partial charge in [0.25, 0.3) is 0 Å². The highest BCUT2D eigenvalue weighted by molar-refractivity contribution is 5.93. The second kappa shape index (κ2) is 7.55. The molecule has 7 heteroatoms. The van der Waals surface area contributed by atoms with Gasteiger partial charge in [-0.3, -0.25) is 9.89 Å². The minimum absolute atomic E-state index is 0.101. The lowest BCUT2D eigenvalue weighted by Crippen LogP contribution is -2.47. The lowest BCUT2D eigenvalue weighted by atomic mass is 9.96. The molecule has 0 saturated carbocycles. The first kappa shape index (κ1) is 17.3. The summed E-state index contributed by atoms with van der Waals surface area (Å²) >= 11 is 0. The molecule has 3 amide bonds. The van der Waals surface area contributed by atoms with Crippen LogP contribution in [0, 0.1) is 5.92 Å². The molecule has 2 N–H and O–H groups in total. The van der Waals surface area contributed by atoms with Crippen molar-refractivity contribution in [1.29, 1.82) is 0 Å². The van der Waals surface area contributed by atoms with Crippen LogP contribution >= 0.6 is 0 Å². The molecule has 0 aliphatic carbocycles. The highest BCUT2D eigenvalue weighted by Crippen LogP contribution is 2.21. The van der Waals surface area contributed by atoms with E-state index >= 15 is 0 Å². The van der Waals surface area contributed by atoms with Crippen LogP contribution < -0.4 is 5.32 Å². The largest absolute Gasteiger partial charge is 0.343 e. The molecule has 0 spiro atoms. The molecule has 1 aromatic carbocycles. The van der Waals surface area contributed by atoms with Crippen molar-refractivity contribution >= 4 is 28.5 Å². The van der Waals surface area contributed by atoms with E-state index in [1.165, 1.54) is 0 Å². The number of nitrogens with zero attached hydrogens (tertiary/aromatic N) is 3. The van der Waals surface area contributed by atoms with Crippen molar-refractivity contribution in [2.45, 2.75) is 26.7 Å². The number of hydrogen-bond acceptors (Lipinski definition) is 3. The number of likely N-dealkylation sites (tertiary alicyclic amines) is 1. The molecule has 7 nitrogen and oxygen atoms in total. The first-order valence-corrected chi connectivity index (χ1v) is 8.90. The summed E-state index contributed by atoms with van der Waals surface area (Å²) in [7, 11) is 0. The van der Waals surface area contributed by atoms with Gasteiger partial charge in [-0.2, -0.15) is 5.10 Å². The van der Waals surface area contributed by atoms with E-state index < -0.39 is 0 Å². The number of piperidine rings is 1. The summed E-state index contributed by atoms with van der Waals surface area (Å²) in [5.74, 6) is 0.0538. The summed E-state index contributed by atoms with van der Waals surface area (Å²) in [6.07, 6.45) is 3.43. The van der Waals surface area contributed by atoms with Gasteiger partial charge in [0.2, 0.25) is 5.91 Å². The van der Waals surface area contributed by atoms with Gasteiger partial charge in [0.15, 0.2) is 0 Å². The summed E-state index contributed by atoms with van der Waals surface area (Å²) in [5.41, 5.74) is 1.66. The number of fused-ring (bicyclic) bond motifs is 1. The highest BCUT2D eigenvalue weighted by atomic mass is 16.2. The number of carbonyl (C=O) groups is 2. The molecule has 2 heterocycles. The average Bonchev–Trinajstić information content (AvgIpc) is 3.10. The van der Waals surface area contributed by atoms with Crippen LogP contribution in [-0.2, 0) is 4.79 Å². The van der Waals surface area contributed by atoms with Gasteiger partial charge < -0.3 is 15.1 Å². The van der Waals surface area contributed by atoms with Crippen molar-refractivity contribution < 1.29 is 9.59 Å². The van der Waals surface area contributed by atoms with Gasteiger partial charge in [0.05, 0.1) is 17.6 Å². The van der Waals surface area contributed by atoms with Crippen molar-refractivity contribution in [2.75, 3.05) is 31.5 Å². The first-order valence-electron chi connectivity index (χ1n) is 8.90. The van der Waals surface area contributed by atoms with Gasteiger partial charge in [-0.05, 0) is 44.9 Å². The summed E-state index contributed by atoms with van der Waals surface area (Å²) < 4.78 is 0. The number of hydrogen-bond donors (Lipinski definition) is 2. The fourth-order valence-electron chi connectivity index (χ4n) is 3.38. The van der Waals surface area contributed by atoms with E-state index in [2.05, 4.69) is 15.5 Å². The predicted molar refractivity (Wildman–Crippen MR) is 97.3 cm³/mol. The van der Waals surface area contributed by atoms with Crippen LogP contribution in [0.25, 0.3) is 10.9 Å². The Labute approximate surface area is 147 Å². The van der Waals surface area contributed by atoms with Crippen LogP contribution in [0.4, 0.5) is 10.5 Å². The fourth-order valence-corrected chi connectivity index (χ4v) is 3.38. The zero-order valence-electron chi connectivity index (χ0n) is 14.8. The van der Waals surface area contributed by atoms with Crippen molar-refractivity contribution in [3.8, 4) is 0 Å². The van der Waals surface area contributed by atoms with Gasteiger partial charge in [-0.15, -0.1) is 0 Å². The Morgan fingerprint density at radius 3 is 2.92 bits per heavy atom. The average molecular weight is 343 g/mol. The standard InChI is InChI=1S/C18H25N5O2/c1-3-22(4-2)17(24)13-6-5-9-23(12-13)18(25)20-15-7-8-16-14(10-15)11-19-21-16/h7-8,10-11,13H,3-6,9,12H2,1-2H3,(H,19,21)(H,20,25)/t13-/m0/s1. The summed E-state index contributed by atoms with van der Waals surface area (Å²) in [6.45, 7) is 6.56. The van der Waals surface area contributed by atoms with Crippen LogP contribution in [0.1, 0.15) is 26.7 Å². The number of anilines is 1. The van der Waals surface area contributed by atoms with E-state index in [0.717, 1.165) is 29.4 Å². The van der Waals surface area contributed by atoms with Gasteiger partial charge >= 0.3 is 6.03 Å². The van der Waals surface area contributed by atoms with E-state index in [1.54, 1.807) is 11.1 Å². The first-order chi connectivity index (χ1) is 12.1. The molecule has 1 aromatic heterocycles. The zero-order valence-corrected chi connectivity index (χ0v) is 14.8. The Hall–Kier alpha value is -2.57. The molecule has 0 radical (unpaired) electrons. The third-order valence-electron chi connectivity index (χ3n) is 4.82. The number of carbonyl (C=O) groups excluding carboxylic acids is 2. The lowest BCUT2D eigenvalue weighted by molar-refractivity contribution is -0.136. The molecular weight excluding hydrogens is 318 g/mol. The Bertz CT molecular complexity index is 753. The molecule has 0 bridgehead atoms. The maximum Gasteiger partial charge on any atom is 0.321 e. The third kappa shape index (κ3) is 3.75. The number of urea groups is 1. The molecule has 134 valence electrons. The van der Waals surface area contributed by atoms with Crippen molar-refractivity contribution in [3.63, 3.8) is 0 Å². The molecule has 3 rings (SSSR count). The Morgan fingerprint density at radius 1 is 1.36 bits per heavy atom. The molecule has 2 aromatic rings. The van der Waals surface area contributed by atoms with Crippen molar-refractivity contribution in [2.24, 2.45) is 5.92 Å². The summed E-state index contributed by atoms with van der Waals surface area (Å²) in [4.78, 5) is 28.7. The van der Waals surface area contributed by atoms with Gasteiger partial charge in [0.1, 0.15) is 0 Å². The topological polar surface area (TPSA) is 81.3 Å². The van der Waals surface area contributed by atoms with E-state index in [0.29, 0.717) is 26.2 Å². The summed E-state index contributed by atoms with van der Waals surface area (Å²) in [6, 6.07) is 5.47. The normalized spacial score (nSPS) is 17.5. The van der Waals surface area contributed by atoms with Crippen LogP contribution in [0.3, 0.4) is 0 Å². The smallest absolute Gasteiger partial charge is 0.321 e. The molecule has 0 unspecified atom stereocenters. The molecule has 1 aliphatic rings. The van der Waals surface area contributed by atoms with Crippen LogP contribution in [0.2, 0.25) is 0 Å². The Kier molecular flexibility index (Phi) is 5.21. The van der Waals surface area contributed by atoms with Gasteiger partial charge in [-0.1, -0.05) is 0 Å². The van der Waals surface area contributed by atoms with Crippen molar-refractivity contribution in [1.82, 2.24) is 20.0 Å². The molecule has 1 fully saturated rings. The monoisotopic (exact) mass is 343 g/mol. The minimum Gasteiger partial charge on any atom is -0.343 e. The second-order valence-electron chi connectivity index (χ2n) is 6.40. The number of aromatic nitrogens is 2. The van der Waals surface area contributed by atoms with Gasteiger partial charge in [0, 0.05) is 37.3 Å². The van der Waals surface area contributed by atoms with Crippen LogP contribution in [0.15, 0.2) is 24.4 Å². The van der Waals surface area contributed by atoms with E-state index in [-0.39, 0.29) is 17.9 Å². The zero-order chi connectivity index (χ0) is 17.8. The number of aromatic amines is 1. The molecule has 1 aliphatic heterocycles. The van der Waals surface area contributed by atoms with Crippen LogP contribution in [0.5, 0.6) is 0 Å².